The predicted molar refractivity (Wildman–Crippen MR) is 72.3 cm³/mol. The number of hydrazone groups is 1. The molecule has 0 bridgehead atoms. The number of halogens is 1. The number of hydrogen-bond acceptors (Lipinski definition) is 3. The molecular weight excluding hydrogens is 245 g/mol. The van der Waals surface area contributed by atoms with E-state index in [1.807, 2.05) is 0 Å². The van der Waals surface area contributed by atoms with Crippen LogP contribution in [-0.4, -0.2) is 12.1 Å². The SMILES string of the molecule is Nc1ccc(C(=O)N/N=C\c2cccc(F)c2)cc1. The highest BCUT2D eigenvalue weighted by molar-refractivity contribution is 5.95. The fraction of sp³-hybridized carbons (Fsp3) is 0. The number of nitrogens with zero attached hydrogens (tertiary/aromatic N) is 1. The summed E-state index contributed by atoms with van der Waals surface area (Å²) in [5.74, 6) is -0.707. The predicted octanol–water partition coefficient (Wildman–Crippen LogP) is 2.17. The van der Waals surface area contributed by atoms with Gasteiger partial charge in [0.2, 0.25) is 0 Å². The minimum Gasteiger partial charge on any atom is -0.399 e. The summed E-state index contributed by atoms with van der Waals surface area (Å²) in [6.45, 7) is 0. The van der Waals surface area contributed by atoms with Crippen LogP contribution in [0.1, 0.15) is 15.9 Å². The van der Waals surface area contributed by atoms with Gasteiger partial charge >= 0.3 is 0 Å². The molecule has 0 aliphatic rings. The molecule has 0 saturated carbocycles. The first-order valence-electron chi connectivity index (χ1n) is 5.59. The fourth-order valence-corrected chi connectivity index (χ4v) is 1.45. The number of carbonyl (C=O) groups is 1. The van der Waals surface area contributed by atoms with Crippen LogP contribution in [-0.2, 0) is 0 Å². The van der Waals surface area contributed by atoms with Crippen LogP contribution >= 0.6 is 0 Å². The smallest absolute Gasteiger partial charge is 0.271 e. The average Bonchev–Trinajstić information content (AvgIpc) is 2.39. The molecule has 0 fully saturated rings. The molecule has 5 heteroatoms. The first kappa shape index (κ1) is 12.8. The number of benzene rings is 2. The maximum absolute atomic E-state index is 12.9. The van der Waals surface area contributed by atoms with Gasteiger partial charge < -0.3 is 5.73 Å². The molecule has 0 heterocycles. The highest BCUT2D eigenvalue weighted by Crippen LogP contribution is 2.05. The summed E-state index contributed by atoms with van der Waals surface area (Å²) < 4.78 is 12.9. The molecule has 0 atom stereocenters. The van der Waals surface area contributed by atoms with Crippen LogP contribution in [0.2, 0.25) is 0 Å². The Labute approximate surface area is 109 Å². The standard InChI is InChI=1S/C14H12FN3O/c15-12-3-1-2-10(8-12)9-17-18-14(19)11-4-6-13(16)7-5-11/h1-9H,16H2,(H,18,19)/b17-9-. The summed E-state index contributed by atoms with van der Waals surface area (Å²) in [7, 11) is 0. The summed E-state index contributed by atoms with van der Waals surface area (Å²) >= 11 is 0. The van der Waals surface area contributed by atoms with Crippen molar-refractivity contribution in [3.05, 3.63) is 65.5 Å². The zero-order valence-corrected chi connectivity index (χ0v) is 10.0. The molecule has 1 amide bonds. The number of amides is 1. The quantitative estimate of drug-likeness (QED) is 0.502. The molecule has 4 nitrogen and oxygen atoms in total. The van der Waals surface area contributed by atoms with Crippen molar-refractivity contribution in [1.82, 2.24) is 5.43 Å². The topological polar surface area (TPSA) is 67.5 Å². The lowest BCUT2D eigenvalue weighted by atomic mass is 10.2. The minimum absolute atomic E-state index is 0.353. The lowest BCUT2D eigenvalue weighted by Crippen LogP contribution is -2.17. The Kier molecular flexibility index (Phi) is 3.87. The van der Waals surface area contributed by atoms with Crippen molar-refractivity contribution in [2.45, 2.75) is 0 Å². The van der Waals surface area contributed by atoms with Crippen molar-refractivity contribution in [3.63, 3.8) is 0 Å². The number of nitrogens with one attached hydrogen (secondary N) is 1. The molecular formula is C14H12FN3O. The zero-order chi connectivity index (χ0) is 13.7. The van der Waals surface area contributed by atoms with Crippen molar-refractivity contribution in [3.8, 4) is 0 Å². The molecule has 0 radical (unpaired) electrons. The summed E-state index contributed by atoms with van der Waals surface area (Å²) in [6.07, 6.45) is 1.37. The van der Waals surface area contributed by atoms with Crippen molar-refractivity contribution in [1.29, 1.82) is 0 Å². The third-order valence-electron chi connectivity index (χ3n) is 2.40. The van der Waals surface area contributed by atoms with Gasteiger partial charge in [0.1, 0.15) is 5.82 Å². The van der Waals surface area contributed by atoms with E-state index in [0.717, 1.165) is 0 Å². The molecule has 0 saturated heterocycles. The van der Waals surface area contributed by atoms with Crippen LogP contribution < -0.4 is 11.2 Å². The van der Waals surface area contributed by atoms with Gasteiger partial charge in [-0.1, -0.05) is 12.1 Å². The Morgan fingerprint density at radius 3 is 2.63 bits per heavy atom. The van der Waals surface area contributed by atoms with E-state index < -0.39 is 0 Å². The fourth-order valence-electron chi connectivity index (χ4n) is 1.45. The van der Waals surface area contributed by atoms with E-state index in [1.165, 1.54) is 18.3 Å². The van der Waals surface area contributed by atoms with E-state index in [4.69, 9.17) is 5.73 Å². The van der Waals surface area contributed by atoms with E-state index in [-0.39, 0.29) is 11.7 Å². The number of nitrogen functional groups attached to an aromatic ring is 1. The number of anilines is 1. The second kappa shape index (κ2) is 5.77. The third-order valence-corrected chi connectivity index (χ3v) is 2.40. The first-order chi connectivity index (χ1) is 9.15. The Hall–Kier alpha value is -2.69. The van der Waals surface area contributed by atoms with Crippen molar-refractivity contribution in [2.75, 3.05) is 5.73 Å². The maximum Gasteiger partial charge on any atom is 0.271 e. The summed E-state index contributed by atoms with van der Waals surface area (Å²) in [6, 6.07) is 12.4. The third kappa shape index (κ3) is 3.64. The van der Waals surface area contributed by atoms with Gasteiger partial charge in [-0.25, -0.2) is 9.82 Å². The van der Waals surface area contributed by atoms with Crippen molar-refractivity contribution >= 4 is 17.8 Å². The molecule has 96 valence electrons. The number of rotatable bonds is 3. The lowest BCUT2D eigenvalue weighted by Gasteiger charge is -2.00. The minimum atomic E-state index is -0.354. The van der Waals surface area contributed by atoms with Crippen LogP contribution in [0.4, 0.5) is 10.1 Å². The highest BCUT2D eigenvalue weighted by Gasteiger charge is 2.02. The van der Waals surface area contributed by atoms with E-state index >= 15 is 0 Å². The van der Waals surface area contributed by atoms with Crippen molar-refractivity contribution in [2.24, 2.45) is 5.10 Å². The van der Waals surface area contributed by atoms with Crippen LogP contribution in [0.5, 0.6) is 0 Å². The Bertz CT molecular complexity index is 608. The molecule has 3 N–H and O–H groups in total. The van der Waals surface area contributed by atoms with Gasteiger partial charge in [0.25, 0.3) is 5.91 Å². The maximum atomic E-state index is 12.9. The van der Waals surface area contributed by atoms with Gasteiger partial charge in [-0.05, 0) is 42.0 Å². The highest BCUT2D eigenvalue weighted by atomic mass is 19.1. The Balaban J connectivity index is 1.98. The monoisotopic (exact) mass is 257 g/mol. The van der Waals surface area contributed by atoms with Crippen LogP contribution in [0, 0.1) is 5.82 Å². The van der Waals surface area contributed by atoms with Crippen LogP contribution in [0.3, 0.4) is 0 Å². The van der Waals surface area contributed by atoms with Gasteiger partial charge in [0.05, 0.1) is 6.21 Å². The first-order valence-corrected chi connectivity index (χ1v) is 5.59. The summed E-state index contributed by atoms with van der Waals surface area (Å²) in [5.41, 5.74) is 9.47. The molecule has 0 aliphatic carbocycles. The molecule has 2 aromatic carbocycles. The van der Waals surface area contributed by atoms with Gasteiger partial charge in [0.15, 0.2) is 0 Å². The second-order valence-electron chi connectivity index (χ2n) is 3.88. The largest absolute Gasteiger partial charge is 0.399 e. The molecule has 0 aromatic heterocycles. The van der Waals surface area contributed by atoms with E-state index in [0.29, 0.717) is 16.8 Å². The molecule has 2 rings (SSSR count). The van der Waals surface area contributed by atoms with E-state index in [1.54, 1.807) is 36.4 Å². The average molecular weight is 257 g/mol. The molecule has 2 aromatic rings. The zero-order valence-electron chi connectivity index (χ0n) is 10.0. The van der Waals surface area contributed by atoms with Crippen LogP contribution in [0.15, 0.2) is 53.6 Å². The Morgan fingerprint density at radius 1 is 1.21 bits per heavy atom. The number of hydrogen-bond donors (Lipinski definition) is 2. The Morgan fingerprint density at radius 2 is 1.95 bits per heavy atom. The molecule has 19 heavy (non-hydrogen) atoms. The van der Waals surface area contributed by atoms with E-state index in [9.17, 15) is 9.18 Å². The van der Waals surface area contributed by atoms with Crippen molar-refractivity contribution < 1.29 is 9.18 Å². The van der Waals surface area contributed by atoms with E-state index in [2.05, 4.69) is 10.5 Å². The second-order valence-corrected chi connectivity index (χ2v) is 3.88. The summed E-state index contributed by atoms with van der Waals surface area (Å²) in [5, 5.41) is 3.76. The van der Waals surface area contributed by atoms with Gasteiger partial charge in [-0.2, -0.15) is 5.10 Å². The molecule has 0 spiro atoms. The number of carbonyl (C=O) groups excluding carboxylic acids is 1. The van der Waals surface area contributed by atoms with Crippen LogP contribution in [0.25, 0.3) is 0 Å². The van der Waals surface area contributed by atoms with Gasteiger partial charge in [0, 0.05) is 11.3 Å². The van der Waals surface area contributed by atoms with Gasteiger partial charge in [-0.3, -0.25) is 4.79 Å². The van der Waals surface area contributed by atoms with Gasteiger partial charge in [-0.15, -0.1) is 0 Å². The molecule has 0 unspecified atom stereocenters. The molecule has 0 aliphatic heterocycles. The normalized spacial score (nSPS) is 10.6. The lowest BCUT2D eigenvalue weighted by molar-refractivity contribution is 0.0955. The summed E-state index contributed by atoms with van der Waals surface area (Å²) in [4.78, 5) is 11.7. The number of nitrogens with two attached hydrogens (primary N) is 1.